The molecule has 0 N–H and O–H groups in total. The van der Waals surface area contributed by atoms with Crippen LogP contribution in [-0.4, -0.2) is 62.5 Å². The first-order valence-corrected chi connectivity index (χ1v) is 9.17. The highest BCUT2D eigenvalue weighted by atomic mass is 19.1. The molecule has 7 nitrogen and oxygen atoms in total. The fourth-order valence-corrected chi connectivity index (χ4v) is 2.73. The molecule has 0 radical (unpaired) electrons. The molecule has 2 unspecified atom stereocenters. The molecule has 26 heavy (non-hydrogen) atoms. The molecule has 8 heteroatoms. The number of carbonyl (C=O) groups is 2. The van der Waals surface area contributed by atoms with Crippen LogP contribution in [0.25, 0.3) is 0 Å². The van der Waals surface area contributed by atoms with Crippen molar-refractivity contribution in [2.24, 2.45) is 0 Å². The van der Waals surface area contributed by atoms with Gasteiger partial charge in [-0.15, -0.1) is 0 Å². The van der Waals surface area contributed by atoms with Crippen LogP contribution < -0.4 is 0 Å². The van der Waals surface area contributed by atoms with Crippen LogP contribution in [0.15, 0.2) is 0 Å². The summed E-state index contributed by atoms with van der Waals surface area (Å²) in [5.74, 6) is -1.22. The van der Waals surface area contributed by atoms with Gasteiger partial charge in [0.15, 0.2) is 11.7 Å². The van der Waals surface area contributed by atoms with E-state index in [-0.39, 0.29) is 6.61 Å². The van der Waals surface area contributed by atoms with E-state index in [1.165, 1.54) is 13.8 Å². The summed E-state index contributed by atoms with van der Waals surface area (Å²) in [5, 5.41) is 0. The van der Waals surface area contributed by atoms with Crippen molar-refractivity contribution in [3.8, 4) is 0 Å². The molecule has 1 saturated heterocycles. The Labute approximate surface area is 154 Å². The van der Waals surface area contributed by atoms with Gasteiger partial charge in [0.1, 0.15) is 12.8 Å². The number of esters is 2. The molecule has 1 aliphatic rings. The molecule has 152 valence electrons. The van der Waals surface area contributed by atoms with Crippen LogP contribution in [0.5, 0.6) is 0 Å². The van der Waals surface area contributed by atoms with Crippen molar-refractivity contribution in [2.45, 2.75) is 77.5 Å². The maximum atomic E-state index is 14.1. The normalized spacial score (nSPS) is 28.1. The molecule has 1 heterocycles. The molecule has 1 aliphatic heterocycles. The number of hydrogen-bond acceptors (Lipinski definition) is 7. The first kappa shape index (κ1) is 22.8. The quantitative estimate of drug-likeness (QED) is 0.381. The number of unbranched alkanes of at least 4 members (excludes halogenated alkanes) is 2. The van der Waals surface area contributed by atoms with E-state index in [2.05, 4.69) is 0 Å². The largest absolute Gasteiger partial charge is 0.453 e. The second-order valence-electron chi connectivity index (χ2n) is 6.42. The van der Waals surface area contributed by atoms with Gasteiger partial charge in [0.2, 0.25) is 6.29 Å². The van der Waals surface area contributed by atoms with Gasteiger partial charge in [0.05, 0.1) is 6.61 Å². The van der Waals surface area contributed by atoms with Crippen LogP contribution in [0.4, 0.5) is 4.39 Å². The zero-order valence-corrected chi connectivity index (χ0v) is 16.1. The molecular formula is C18H31FO7. The standard InChI is InChI=1S/C18H31FO7/c1-5-7-9-22-12-18(11-19)16(23-10-8-6-2)15(24-13(3)20)17(26-18)25-14(4)21/h15-17H,5-12H2,1-4H3/t15?,16-,17?,18+/m0/s1. The molecule has 1 rings (SSSR count). The molecule has 0 aliphatic carbocycles. The SMILES string of the molecule is CCCCOC[C@@]1(CF)OC(OC(C)=O)C(OC(C)=O)[C@@H]1OCCCC. The number of ether oxygens (including phenoxy) is 5. The second-order valence-corrected chi connectivity index (χ2v) is 6.42. The van der Waals surface area contributed by atoms with Crippen molar-refractivity contribution in [3.05, 3.63) is 0 Å². The molecule has 4 atom stereocenters. The fourth-order valence-electron chi connectivity index (χ4n) is 2.73. The number of hydrogen-bond donors (Lipinski definition) is 0. The van der Waals surface area contributed by atoms with Crippen molar-refractivity contribution >= 4 is 11.9 Å². The molecule has 0 aromatic rings. The van der Waals surface area contributed by atoms with Crippen LogP contribution in [-0.2, 0) is 33.3 Å². The summed E-state index contributed by atoms with van der Waals surface area (Å²) in [6.07, 6.45) is 0.160. The van der Waals surface area contributed by atoms with Crippen LogP contribution in [0.3, 0.4) is 0 Å². The summed E-state index contributed by atoms with van der Waals surface area (Å²) in [6, 6.07) is 0. The zero-order valence-electron chi connectivity index (χ0n) is 16.1. The minimum absolute atomic E-state index is 0.0875. The smallest absolute Gasteiger partial charge is 0.305 e. The number of halogens is 1. The average Bonchev–Trinajstić information content (AvgIpc) is 2.85. The third-order valence-corrected chi connectivity index (χ3v) is 4.03. The first-order chi connectivity index (χ1) is 12.4. The molecule has 0 bridgehead atoms. The summed E-state index contributed by atoms with van der Waals surface area (Å²) in [6.45, 7) is 6.21. The summed E-state index contributed by atoms with van der Waals surface area (Å²) in [7, 11) is 0. The van der Waals surface area contributed by atoms with Crippen molar-refractivity contribution in [3.63, 3.8) is 0 Å². The Morgan fingerprint density at radius 2 is 1.65 bits per heavy atom. The van der Waals surface area contributed by atoms with E-state index in [9.17, 15) is 14.0 Å². The Bertz CT molecular complexity index is 445. The summed E-state index contributed by atoms with van der Waals surface area (Å²) in [5.41, 5.74) is -1.50. The molecule has 1 fully saturated rings. The Morgan fingerprint density at radius 3 is 2.19 bits per heavy atom. The first-order valence-electron chi connectivity index (χ1n) is 9.17. The maximum Gasteiger partial charge on any atom is 0.305 e. The predicted molar refractivity (Wildman–Crippen MR) is 91.3 cm³/mol. The van der Waals surface area contributed by atoms with Gasteiger partial charge in [-0.3, -0.25) is 9.59 Å². The van der Waals surface area contributed by atoms with E-state index >= 15 is 0 Å². The minimum atomic E-state index is -1.50. The summed E-state index contributed by atoms with van der Waals surface area (Å²) in [4.78, 5) is 22.9. The highest BCUT2D eigenvalue weighted by Gasteiger charge is 2.59. The highest BCUT2D eigenvalue weighted by molar-refractivity contribution is 5.67. The number of carbonyl (C=O) groups excluding carboxylic acids is 2. The maximum absolute atomic E-state index is 14.1. The monoisotopic (exact) mass is 378 g/mol. The van der Waals surface area contributed by atoms with Gasteiger partial charge in [-0.05, 0) is 12.8 Å². The van der Waals surface area contributed by atoms with Crippen LogP contribution in [0.2, 0.25) is 0 Å². The van der Waals surface area contributed by atoms with E-state index in [1.54, 1.807) is 0 Å². The lowest BCUT2D eigenvalue weighted by molar-refractivity contribution is -0.213. The predicted octanol–water partition coefficient (Wildman–Crippen LogP) is 2.55. The fraction of sp³-hybridized carbons (Fsp3) is 0.889. The zero-order chi connectivity index (χ0) is 19.6. The van der Waals surface area contributed by atoms with Gasteiger partial charge < -0.3 is 23.7 Å². The molecular weight excluding hydrogens is 347 g/mol. The van der Waals surface area contributed by atoms with E-state index in [0.29, 0.717) is 13.2 Å². The van der Waals surface area contributed by atoms with Gasteiger partial charge in [-0.1, -0.05) is 26.7 Å². The van der Waals surface area contributed by atoms with Gasteiger partial charge in [-0.2, -0.15) is 0 Å². The van der Waals surface area contributed by atoms with Gasteiger partial charge >= 0.3 is 11.9 Å². The molecule has 0 spiro atoms. The molecule has 0 saturated carbocycles. The van der Waals surface area contributed by atoms with Gasteiger partial charge in [-0.25, -0.2) is 4.39 Å². The average molecular weight is 378 g/mol. The van der Waals surface area contributed by atoms with Crippen LogP contribution in [0, 0.1) is 0 Å². The lowest BCUT2D eigenvalue weighted by Gasteiger charge is -2.32. The van der Waals surface area contributed by atoms with Crippen molar-refractivity contribution in [2.75, 3.05) is 26.5 Å². The van der Waals surface area contributed by atoms with Gasteiger partial charge in [0, 0.05) is 27.1 Å². The topological polar surface area (TPSA) is 80.3 Å². The second kappa shape index (κ2) is 11.5. The number of alkyl halides is 1. The van der Waals surface area contributed by atoms with Crippen molar-refractivity contribution in [1.82, 2.24) is 0 Å². The minimum Gasteiger partial charge on any atom is -0.453 e. The Morgan fingerprint density at radius 1 is 1.04 bits per heavy atom. The van der Waals surface area contributed by atoms with Crippen LogP contribution >= 0.6 is 0 Å². The number of rotatable bonds is 12. The van der Waals surface area contributed by atoms with E-state index in [0.717, 1.165) is 25.7 Å². The van der Waals surface area contributed by atoms with Gasteiger partial charge in [0.25, 0.3) is 0 Å². The molecule has 0 aromatic carbocycles. The van der Waals surface area contributed by atoms with Crippen molar-refractivity contribution < 1.29 is 37.7 Å². The van der Waals surface area contributed by atoms with E-state index in [4.69, 9.17) is 23.7 Å². The van der Waals surface area contributed by atoms with E-state index < -0.39 is 42.7 Å². The Hall–Kier alpha value is -1.25. The Balaban J connectivity index is 3.02. The third-order valence-electron chi connectivity index (χ3n) is 4.03. The lowest BCUT2D eigenvalue weighted by Crippen LogP contribution is -2.51. The van der Waals surface area contributed by atoms with Crippen molar-refractivity contribution in [1.29, 1.82) is 0 Å². The summed E-state index contributed by atoms with van der Waals surface area (Å²) < 4.78 is 41.5. The Kier molecular flexibility index (Phi) is 10.0. The molecule has 0 aromatic heterocycles. The van der Waals surface area contributed by atoms with Crippen LogP contribution in [0.1, 0.15) is 53.4 Å². The highest BCUT2D eigenvalue weighted by Crippen LogP contribution is 2.37. The van der Waals surface area contributed by atoms with E-state index in [1.807, 2.05) is 13.8 Å². The molecule has 0 amide bonds. The third kappa shape index (κ3) is 6.48. The summed E-state index contributed by atoms with van der Waals surface area (Å²) >= 11 is 0. The lowest BCUT2D eigenvalue weighted by atomic mass is 9.97.